The van der Waals surface area contributed by atoms with E-state index in [1.54, 1.807) is 0 Å². The molecule has 0 saturated carbocycles. The molecule has 0 bridgehead atoms. The van der Waals surface area contributed by atoms with Crippen LogP contribution in [0.2, 0.25) is 0 Å². The monoisotopic (exact) mass is 234 g/mol. The van der Waals surface area contributed by atoms with E-state index in [9.17, 15) is 0 Å². The first-order chi connectivity index (χ1) is 6.22. The molecular formula is C10H7BrN2. The van der Waals surface area contributed by atoms with Crippen LogP contribution >= 0.6 is 15.9 Å². The van der Waals surface area contributed by atoms with E-state index < -0.39 is 0 Å². The average molecular weight is 235 g/mol. The van der Waals surface area contributed by atoms with Crippen molar-refractivity contribution >= 4 is 26.8 Å². The lowest BCUT2D eigenvalue weighted by Gasteiger charge is -1.90. The summed E-state index contributed by atoms with van der Waals surface area (Å²) >= 11 is 3.38. The fourth-order valence-electron chi connectivity index (χ4n) is 1.44. The standard InChI is InChI=1S/C10H7BrN2/c1-6-9(5-12)8-4-7(11)2-3-10(8)13-6/h2-4,13H,1H3. The second-order valence-corrected chi connectivity index (χ2v) is 3.84. The van der Waals surface area contributed by atoms with Gasteiger partial charge in [0.15, 0.2) is 0 Å². The Bertz CT molecular complexity index is 505. The molecule has 0 radical (unpaired) electrons. The van der Waals surface area contributed by atoms with Crippen molar-refractivity contribution in [3.63, 3.8) is 0 Å². The van der Waals surface area contributed by atoms with E-state index in [0.29, 0.717) is 0 Å². The van der Waals surface area contributed by atoms with Crippen LogP contribution in [0.15, 0.2) is 22.7 Å². The molecule has 2 nitrogen and oxygen atoms in total. The summed E-state index contributed by atoms with van der Waals surface area (Å²) in [6.45, 7) is 1.91. The maximum Gasteiger partial charge on any atom is 0.102 e. The summed E-state index contributed by atoms with van der Waals surface area (Å²) in [5.74, 6) is 0. The van der Waals surface area contributed by atoms with Crippen LogP contribution < -0.4 is 0 Å². The lowest BCUT2D eigenvalue weighted by atomic mass is 10.1. The summed E-state index contributed by atoms with van der Waals surface area (Å²) in [7, 11) is 0. The summed E-state index contributed by atoms with van der Waals surface area (Å²) in [5.41, 5.74) is 2.67. The van der Waals surface area contributed by atoms with E-state index >= 15 is 0 Å². The maximum atomic E-state index is 8.91. The zero-order chi connectivity index (χ0) is 9.42. The second kappa shape index (κ2) is 2.90. The fraction of sp³-hybridized carbons (Fsp3) is 0.100. The third-order valence-corrected chi connectivity index (χ3v) is 2.55. The van der Waals surface area contributed by atoms with Gasteiger partial charge < -0.3 is 4.98 Å². The first-order valence-corrected chi connectivity index (χ1v) is 4.69. The molecule has 0 atom stereocenters. The highest BCUT2D eigenvalue weighted by molar-refractivity contribution is 9.10. The van der Waals surface area contributed by atoms with Crippen molar-refractivity contribution in [1.29, 1.82) is 5.26 Å². The summed E-state index contributed by atoms with van der Waals surface area (Å²) in [6.07, 6.45) is 0. The number of fused-ring (bicyclic) bond motifs is 1. The van der Waals surface area contributed by atoms with Gasteiger partial charge in [0.05, 0.1) is 5.56 Å². The van der Waals surface area contributed by atoms with Gasteiger partial charge in [-0.1, -0.05) is 15.9 Å². The molecule has 0 aliphatic heterocycles. The Morgan fingerprint density at radius 2 is 2.23 bits per heavy atom. The Morgan fingerprint density at radius 1 is 1.46 bits per heavy atom. The lowest BCUT2D eigenvalue weighted by molar-refractivity contribution is 1.28. The van der Waals surface area contributed by atoms with Gasteiger partial charge in [-0.05, 0) is 25.1 Å². The summed E-state index contributed by atoms with van der Waals surface area (Å²) < 4.78 is 0.996. The predicted molar refractivity (Wildman–Crippen MR) is 55.5 cm³/mol. The summed E-state index contributed by atoms with van der Waals surface area (Å²) in [5, 5.41) is 9.89. The number of nitriles is 1. The highest BCUT2D eigenvalue weighted by atomic mass is 79.9. The van der Waals surface area contributed by atoms with Crippen molar-refractivity contribution in [3.05, 3.63) is 33.9 Å². The molecule has 1 aromatic carbocycles. The van der Waals surface area contributed by atoms with E-state index in [2.05, 4.69) is 27.0 Å². The van der Waals surface area contributed by atoms with Gasteiger partial charge in [-0.2, -0.15) is 5.26 Å². The molecule has 0 unspecified atom stereocenters. The lowest BCUT2D eigenvalue weighted by Crippen LogP contribution is -1.74. The Labute approximate surface area is 84.3 Å². The second-order valence-electron chi connectivity index (χ2n) is 2.93. The molecule has 0 spiro atoms. The summed E-state index contributed by atoms with van der Waals surface area (Å²) in [6, 6.07) is 8.07. The van der Waals surface area contributed by atoms with Crippen LogP contribution in [0.25, 0.3) is 10.9 Å². The molecule has 0 aliphatic rings. The number of H-pyrrole nitrogens is 1. The van der Waals surface area contributed by atoms with Crippen molar-refractivity contribution in [2.75, 3.05) is 0 Å². The first-order valence-electron chi connectivity index (χ1n) is 3.90. The number of aromatic nitrogens is 1. The smallest absolute Gasteiger partial charge is 0.102 e. The largest absolute Gasteiger partial charge is 0.358 e. The van der Waals surface area contributed by atoms with E-state index in [4.69, 9.17) is 5.26 Å². The molecule has 1 heterocycles. The van der Waals surface area contributed by atoms with Crippen molar-refractivity contribution in [3.8, 4) is 6.07 Å². The molecule has 64 valence electrons. The first kappa shape index (κ1) is 8.33. The third kappa shape index (κ3) is 1.24. The molecule has 13 heavy (non-hydrogen) atoms. The zero-order valence-corrected chi connectivity index (χ0v) is 8.64. The number of rotatable bonds is 0. The minimum atomic E-state index is 0.733. The molecule has 1 N–H and O–H groups in total. The summed E-state index contributed by atoms with van der Waals surface area (Å²) in [4.78, 5) is 3.16. The van der Waals surface area contributed by atoms with Gasteiger partial charge >= 0.3 is 0 Å². The Balaban J connectivity index is 2.91. The van der Waals surface area contributed by atoms with Crippen LogP contribution in [0.5, 0.6) is 0 Å². The number of aromatic amines is 1. The van der Waals surface area contributed by atoms with Crippen LogP contribution in [0, 0.1) is 18.3 Å². The van der Waals surface area contributed by atoms with Crippen molar-refractivity contribution in [2.45, 2.75) is 6.92 Å². The molecule has 0 amide bonds. The van der Waals surface area contributed by atoms with Crippen LogP contribution in [0.4, 0.5) is 0 Å². The third-order valence-electron chi connectivity index (χ3n) is 2.06. The minimum Gasteiger partial charge on any atom is -0.358 e. The van der Waals surface area contributed by atoms with Crippen LogP contribution in [-0.4, -0.2) is 4.98 Å². The van der Waals surface area contributed by atoms with Crippen molar-refractivity contribution in [2.24, 2.45) is 0 Å². The normalized spacial score (nSPS) is 10.2. The Morgan fingerprint density at radius 3 is 2.92 bits per heavy atom. The van der Waals surface area contributed by atoms with Crippen molar-refractivity contribution < 1.29 is 0 Å². The molecule has 2 aromatic rings. The van der Waals surface area contributed by atoms with Crippen molar-refractivity contribution in [1.82, 2.24) is 4.98 Å². The number of halogens is 1. The number of hydrogen-bond donors (Lipinski definition) is 1. The number of nitrogens with zero attached hydrogens (tertiary/aromatic N) is 1. The topological polar surface area (TPSA) is 39.6 Å². The van der Waals surface area contributed by atoms with Crippen LogP contribution in [0.1, 0.15) is 11.3 Å². The average Bonchev–Trinajstić information content (AvgIpc) is 2.40. The van der Waals surface area contributed by atoms with E-state index in [1.165, 1.54) is 0 Å². The molecule has 2 rings (SSSR count). The fourth-order valence-corrected chi connectivity index (χ4v) is 1.80. The molecule has 0 fully saturated rings. The van der Waals surface area contributed by atoms with Gasteiger partial charge in [-0.3, -0.25) is 0 Å². The minimum absolute atomic E-state index is 0.733. The predicted octanol–water partition coefficient (Wildman–Crippen LogP) is 3.11. The Hall–Kier alpha value is -1.27. The molecule has 1 aromatic heterocycles. The van der Waals surface area contributed by atoms with Gasteiger partial charge in [0.1, 0.15) is 6.07 Å². The SMILES string of the molecule is Cc1[nH]c2ccc(Br)cc2c1C#N. The number of aryl methyl sites for hydroxylation is 1. The van der Waals surface area contributed by atoms with Gasteiger partial charge in [0.25, 0.3) is 0 Å². The highest BCUT2D eigenvalue weighted by Crippen LogP contribution is 2.24. The number of benzene rings is 1. The van der Waals surface area contributed by atoms with E-state index in [1.807, 2.05) is 25.1 Å². The Kier molecular flexibility index (Phi) is 1.86. The van der Waals surface area contributed by atoms with Crippen LogP contribution in [0.3, 0.4) is 0 Å². The number of nitrogens with one attached hydrogen (secondary N) is 1. The quantitative estimate of drug-likeness (QED) is 0.748. The van der Waals surface area contributed by atoms with Gasteiger partial charge in [-0.15, -0.1) is 0 Å². The van der Waals surface area contributed by atoms with Gasteiger partial charge in [0, 0.05) is 21.1 Å². The molecule has 0 saturated heterocycles. The molecule has 3 heteroatoms. The van der Waals surface area contributed by atoms with Crippen LogP contribution in [-0.2, 0) is 0 Å². The highest BCUT2D eigenvalue weighted by Gasteiger charge is 2.06. The van der Waals surface area contributed by atoms with Gasteiger partial charge in [-0.25, -0.2) is 0 Å². The van der Waals surface area contributed by atoms with E-state index in [-0.39, 0.29) is 0 Å². The van der Waals surface area contributed by atoms with Gasteiger partial charge in [0.2, 0.25) is 0 Å². The molecular weight excluding hydrogens is 228 g/mol. The number of hydrogen-bond acceptors (Lipinski definition) is 1. The molecule has 0 aliphatic carbocycles. The van der Waals surface area contributed by atoms with E-state index in [0.717, 1.165) is 26.6 Å². The maximum absolute atomic E-state index is 8.91. The zero-order valence-electron chi connectivity index (χ0n) is 7.06.